The van der Waals surface area contributed by atoms with Crippen molar-refractivity contribution in [3.63, 3.8) is 0 Å². The molecule has 0 aromatic carbocycles. The smallest absolute Gasteiger partial charge is 0.229 e. The predicted octanol–water partition coefficient (Wildman–Crippen LogP) is 1.79. The van der Waals surface area contributed by atoms with Gasteiger partial charge in [-0.05, 0) is 38.6 Å². The van der Waals surface area contributed by atoms with Gasteiger partial charge in [0.1, 0.15) is 0 Å². The van der Waals surface area contributed by atoms with Crippen LogP contribution >= 0.6 is 12.2 Å². The van der Waals surface area contributed by atoms with Crippen molar-refractivity contribution in [2.45, 2.75) is 27.2 Å². The van der Waals surface area contributed by atoms with Gasteiger partial charge in [-0.2, -0.15) is 0 Å². The molecule has 0 aliphatic rings. The first-order chi connectivity index (χ1) is 7.11. The highest BCUT2D eigenvalue weighted by molar-refractivity contribution is 7.80. The minimum atomic E-state index is 0.557. The molecule has 0 saturated heterocycles. The van der Waals surface area contributed by atoms with E-state index in [0.717, 1.165) is 24.4 Å². The third-order valence-electron chi connectivity index (χ3n) is 1.74. The number of nitrogens with one attached hydrogen (secondary N) is 2. The van der Waals surface area contributed by atoms with Gasteiger partial charge < -0.3 is 10.6 Å². The number of thiocarbonyl (C=S) groups is 1. The van der Waals surface area contributed by atoms with Gasteiger partial charge in [-0.25, -0.2) is 9.97 Å². The van der Waals surface area contributed by atoms with Crippen LogP contribution in [-0.4, -0.2) is 21.6 Å². The Labute approximate surface area is 95.5 Å². The molecule has 15 heavy (non-hydrogen) atoms. The minimum Gasteiger partial charge on any atom is -0.362 e. The minimum absolute atomic E-state index is 0.557. The molecule has 0 atom stereocenters. The van der Waals surface area contributed by atoms with E-state index in [2.05, 4.69) is 27.5 Å². The summed E-state index contributed by atoms with van der Waals surface area (Å²) in [5.41, 5.74) is 1.87. The Morgan fingerprint density at radius 1 is 1.33 bits per heavy atom. The molecule has 1 aromatic rings. The van der Waals surface area contributed by atoms with E-state index in [1.807, 2.05) is 19.9 Å². The molecule has 1 rings (SSSR count). The highest BCUT2D eigenvalue weighted by Gasteiger charge is 2.01. The van der Waals surface area contributed by atoms with Crippen molar-refractivity contribution < 1.29 is 0 Å². The van der Waals surface area contributed by atoms with Crippen LogP contribution in [0.2, 0.25) is 0 Å². The van der Waals surface area contributed by atoms with Crippen LogP contribution in [0.4, 0.5) is 5.95 Å². The zero-order valence-electron chi connectivity index (χ0n) is 9.29. The molecule has 0 amide bonds. The van der Waals surface area contributed by atoms with E-state index in [1.165, 1.54) is 0 Å². The number of aryl methyl sites for hydroxylation is 2. The molecule has 4 nitrogen and oxygen atoms in total. The molecule has 2 N–H and O–H groups in total. The van der Waals surface area contributed by atoms with Crippen LogP contribution in [0.1, 0.15) is 24.7 Å². The second kappa shape index (κ2) is 5.60. The average Bonchev–Trinajstić information content (AvgIpc) is 2.13. The Hall–Kier alpha value is -1.23. The van der Waals surface area contributed by atoms with Crippen molar-refractivity contribution in [3.05, 3.63) is 17.5 Å². The van der Waals surface area contributed by atoms with Crippen molar-refractivity contribution in [1.29, 1.82) is 0 Å². The fourth-order valence-corrected chi connectivity index (χ4v) is 1.36. The summed E-state index contributed by atoms with van der Waals surface area (Å²) >= 11 is 5.09. The maximum atomic E-state index is 5.09. The van der Waals surface area contributed by atoms with Gasteiger partial charge in [-0.15, -0.1) is 0 Å². The third-order valence-corrected chi connectivity index (χ3v) is 1.99. The summed E-state index contributed by atoms with van der Waals surface area (Å²) in [7, 11) is 0. The maximum Gasteiger partial charge on any atom is 0.229 e. The second-order valence-electron chi connectivity index (χ2n) is 3.36. The lowest BCUT2D eigenvalue weighted by Gasteiger charge is -2.08. The van der Waals surface area contributed by atoms with Crippen molar-refractivity contribution >= 4 is 23.3 Å². The summed E-state index contributed by atoms with van der Waals surface area (Å²) in [6.45, 7) is 6.81. The summed E-state index contributed by atoms with van der Waals surface area (Å²) in [4.78, 5) is 8.46. The Kier molecular flexibility index (Phi) is 4.42. The van der Waals surface area contributed by atoms with Gasteiger partial charge in [-0.3, -0.25) is 0 Å². The van der Waals surface area contributed by atoms with E-state index in [9.17, 15) is 0 Å². The van der Waals surface area contributed by atoms with E-state index in [-0.39, 0.29) is 0 Å². The zero-order chi connectivity index (χ0) is 11.3. The van der Waals surface area contributed by atoms with E-state index in [0.29, 0.717) is 11.1 Å². The van der Waals surface area contributed by atoms with E-state index < -0.39 is 0 Å². The van der Waals surface area contributed by atoms with Gasteiger partial charge in [0, 0.05) is 17.9 Å². The Morgan fingerprint density at radius 2 is 1.93 bits per heavy atom. The number of aromatic nitrogens is 2. The predicted molar refractivity (Wildman–Crippen MR) is 66.0 cm³/mol. The van der Waals surface area contributed by atoms with Crippen LogP contribution in [0.5, 0.6) is 0 Å². The van der Waals surface area contributed by atoms with Crippen LogP contribution < -0.4 is 10.6 Å². The van der Waals surface area contributed by atoms with Gasteiger partial charge in [0.2, 0.25) is 5.95 Å². The summed E-state index contributed by atoms with van der Waals surface area (Å²) < 4.78 is 0. The van der Waals surface area contributed by atoms with Crippen molar-refractivity contribution in [3.8, 4) is 0 Å². The van der Waals surface area contributed by atoms with E-state index in [1.54, 1.807) is 0 Å². The summed E-state index contributed by atoms with van der Waals surface area (Å²) in [6, 6.07) is 1.92. The third kappa shape index (κ3) is 4.20. The van der Waals surface area contributed by atoms with Crippen LogP contribution in [-0.2, 0) is 0 Å². The van der Waals surface area contributed by atoms with Crippen molar-refractivity contribution in [2.24, 2.45) is 0 Å². The van der Waals surface area contributed by atoms with Crippen molar-refractivity contribution in [1.82, 2.24) is 15.3 Å². The summed E-state index contributed by atoms with van der Waals surface area (Å²) in [5.74, 6) is 0.557. The van der Waals surface area contributed by atoms with E-state index >= 15 is 0 Å². The highest BCUT2D eigenvalue weighted by Crippen LogP contribution is 2.03. The molecule has 0 saturated carbocycles. The molecular formula is C10H16N4S. The SMILES string of the molecule is CCCNC(=S)Nc1nc(C)cc(C)n1. The fourth-order valence-electron chi connectivity index (χ4n) is 1.17. The van der Waals surface area contributed by atoms with Gasteiger partial charge in [0.25, 0.3) is 0 Å². The van der Waals surface area contributed by atoms with Gasteiger partial charge in [-0.1, -0.05) is 6.92 Å². The number of rotatable bonds is 3. The number of nitrogens with zero attached hydrogens (tertiary/aromatic N) is 2. The standard InChI is InChI=1S/C10H16N4S/c1-4-5-11-10(15)14-9-12-7(2)6-8(3)13-9/h6H,4-5H2,1-3H3,(H2,11,12,13,14,15). The van der Waals surface area contributed by atoms with Crippen molar-refractivity contribution in [2.75, 3.05) is 11.9 Å². The fraction of sp³-hybridized carbons (Fsp3) is 0.500. The lowest BCUT2D eigenvalue weighted by atomic mass is 10.4. The summed E-state index contributed by atoms with van der Waals surface area (Å²) in [6.07, 6.45) is 1.04. The summed E-state index contributed by atoms with van der Waals surface area (Å²) in [5, 5.41) is 6.59. The largest absolute Gasteiger partial charge is 0.362 e. The monoisotopic (exact) mass is 224 g/mol. The van der Waals surface area contributed by atoms with Crippen LogP contribution in [0, 0.1) is 13.8 Å². The van der Waals surface area contributed by atoms with Gasteiger partial charge in [0.15, 0.2) is 5.11 Å². The average molecular weight is 224 g/mol. The lowest BCUT2D eigenvalue weighted by Crippen LogP contribution is -2.29. The zero-order valence-corrected chi connectivity index (χ0v) is 10.1. The van der Waals surface area contributed by atoms with Gasteiger partial charge >= 0.3 is 0 Å². The molecule has 0 fully saturated rings. The molecule has 0 spiro atoms. The molecule has 0 radical (unpaired) electrons. The quantitative estimate of drug-likeness (QED) is 0.767. The lowest BCUT2D eigenvalue weighted by molar-refractivity contribution is 0.845. The molecule has 0 aliphatic carbocycles. The molecule has 82 valence electrons. The number of hydrogen-bond donors (Lipinski definition) is 2. The maximum absolute atomic E-state index is 5.09. The first kappa shape index (κ1) is 11.8. The Morgan fingerprint density at radius 3 is 2.47 bits per heavy atom. The van der Waals surface area contributed by atoms with Gasteiger partial charge in [0.05, 0.1) is 0 Å². The topological polar surface area (TPSA) is 49.8 Å². The Bertz CT molecular complexity index is 331. The molecule has 1 heterocycles. The highest BCUT2D eigenvalue weighted by atomic mass is 32.1. The second-order valence-corrected chi connectivity index (χ2v) is 3.76. The van der Waals surface area contributed by atoms with Crippen LogP contribution in [0.15, 0.2) is 6.07 Å². The molecule has 1 aromatic heterocycles. The molecular weight excluding hydrogens is 208 g/mol. The molecule has 0 aliphatic heterocycles. The molecule has 0 bridgehead atoms. The van der Waals surface area contributed by atoms with Crippen LogP contribution in [0.25, 0.3) is 0 Å². The Balaban J connectivity index is 2.60. The first-order valence-corrected chi connectivity index (χ1v) is 5.39. The first-order valence-electron chi connectivity index (χ1n) is 4.99. The van der Waals surface area contributed by atoms with E-state index in [4.69, 9.17) is 12.2 Å². The van der Waals surface area contributed by atoms with Crippen LogP contribution in [0.3, 0.4) is 0 Å². The number of hydrogen-bond acceptors (Lipinski definition) is 3. The molecule has 5 heteroatoms. The molecule has 0 unspecified atom stereocenters. The normalized spacial score (nSPS) is 9.80. The number of anilines is 1.